The SMILES string of the molecule is Cc1ccc(OCCC(=O)NC[C@@H]2COc3ccccc3O2)cc1. The maximum absolute atomic E-state index is 11.9. The molecule has 5 heteroatoms. The van der Waals surface area contributed by atoms with Crippen LogP contribution in [-0.2, 0) is 4.79 Å². The predicted octanol–water partition coefficient (Wildman–Crippen LogP) is 2.72. The highest BCUT2D eigenvalue weighted by atomic mass is 16.6. The van der Waals surface area contributed by atoms with Gasteiger partial charge in [-0.3, -0.25) is 4.79 Å². The summed E-state index contributed by atoms with van der Waals surface area (Å²) in [6.45, 7) is 3.21. The summed E-state index contributed by atoms with van der Waals surface area (Å²) in [6, 6.07) is 15.3. The third-order valence-electron chi connectivity index (χ3n) is 3.71. The van der Waals surface area contributed by atoms with E-state index in [4.69, 9.17) is 14.2 Å². The molecule has 0 radical (unpaired) electrons. The van der Waals surface area contributed by atoms with Gasteiger partial charge in [-0.05, 0) is 31.2 Å². The summed E-state index contributed by atoms with van der Waals surface area (Å²) in [5.41, 5.74) is 1.18. The van der Waals surface area contributed by atoms with E-state index in [0.717, 1.165) is 11.5 Å². The van der Waals surface area contributed by atoms with Gasteiger partial charge in [0.15, 0.2) is 11.5 Å². The minimum atomic E-state index is -0.179. The fourth-order valence-electron chi connectivity index (χ4n) is 2.38. The molecule has 0 spiro atoms. The molecule has 1 amide bonds. The Balaban J connectivity index is 1.36. The van der Waals surface area contributed by atoms with Crippen molar-refractivity contribution in [1.29, 1.82) is 0 Å². The number of nitrogens with one attached hydrogen (secondary N) is 1. The van der Waals surface area contributed by atoms with Crippen LogP contribution in [0.2, 0.25) is 0 Å². The lowest BCUT2D eigenvalue weighted by molar-refractivity contribution is -0.122. The first-order valence-corrected chi connectivity index (χ1v) is 8.05. The molecule has 0 saturated carbocycles. The van der Waals surface area contributed by atoms with Crippen molar-refractivity contribution in [3.63, 3.8) is 0 Å². The van der Waals surface area contributed by atoms with Crippen molar-refractivity contribution >= 4 is 5.91 Å². The predicted molar refractivity (Wildman–Crippen MR) is 90.7 cm³/mol. The van der Waals surface area contributed by atoms with E-state index in [0.29, 0.717) is 31.9 Å². The van der Waals surface area contributed by atoms with Gasteiger partial charge in [-0.25, -0.2) is 0 Å². The van der Waals surface area contributed by atoms with Crippen molar-refractivity contribution in [2.24, 2.45) is 0 Å². The zero-order valence-electron chi connectivity index (χ0n) is 13.7. The number of carbonyl (C=O) groups excluding carboxylic acids is 1. The largest absolute Gasteiger partial charge is 0.493 e. The highest BCUT2D eigenvalue weighted by Crippen LogP contribution is 2.30. The van der Waals surface area contributed by atoms with E-state index in [9.17, 15) is 4.79 Å². The smallest absolute Gasteiger partial charge is 0.223 e. The van der Waals surface area contributed by atoms with Gasteiger partial charge in [-0.15, -0.1) is 0 Å². The summed E-state index contributed by atoms with van der Waals surface area (Å²) < 4.78 is 17.0. The fourth-order valence-corrected chi connectivity index (χ4v) is 2.38. The first-order valence-electron chi connectivity index (χ1n) is 8.05. The summed E-state index contributed by atoms with van der Waals surface area (Å²) >= 11 is 0. The lowest BCUT2D eigenvalue weighted by atomic mass is 10.2. The molecule has 2 aromatic carbocycles. The average molecular weight is 327 g/mol. The monoisotopic (exact) mass is 327 g/mol. The quantitative estimate of drug-likeness (QED) is 0.886. The van der Waals surface area contributed by atoms with Gasteiger partial charge in [0.25, 0.3) is 0 Å². The summed E-state index contributed by atoms with van der Waals surface area (Å²) in [5, 5.41) is 2.85. The number of amides is 1. The van der Waals surface area contributed by atoms with Gasteiger partial charge >= 0.3 is 0 Å². The van der Waals surface area contributed by atoms with Crippen LogP contribution in [-0.4, -0.2) is 31.8 Å². The molecule has 0 unspecified atom stereocenters. The molecule has 1 atom stereocenters. The number of para-hydroxylation sites is 2. The Morgan fingerprint density at radius 1 is 1.17 bits per heavy atom. The second-order valence-corrected chi connectivity index (χ2v) is 5.71. The van der Waals surface area contributed by atoms with Crippen molar-refractivity contribution in [2.75, 3.05) is 19.8 Å². The highest BCUT2D eigenvalue weighted by Gasteiger charge is 2.20. The molecule has 1 aliphatic heterocycles. The lowest BCUT2D eigenvalue weighted by Gasteiger charge is -2.26. The molecule has 0 aliphatic carbocycles. The van der Waals surface area contributed by atoms with Gasteiger partial charge in [0.05, 0.1) is 19.6 Å². The van der Waals surface area contributed by atoms with Gasteiger partial charge in [0, 0.05) is 0 Å². The normalized spacial score (nSPS) is 15.6. The molecule has 5 nitrogen and oxygen atoms in total. The van der Waals surface area contributed by atoms with Crippen molar-refractivity contribution in [2.45, 2.75) is 19.4 Å². The molecule has 126 valence electrons. The number of fused-ring (bicyclic) bond motifs is 1. The van der Waals surface area contributed by atoms with Crippen LogP contribution in [0.15, 0.2) is 48.5 Å². The van der Waals surface area contributed by atoms with Crippen LogP contribution in [0.5, 0.6) is 17.2 Å². The zero-order valence-corrected chi connectivity index (χ0v) is 13.7. The minimum absolute atomic E-state index is 0.0652. The maximum atomic E-state index is 11.9. The Morgan fingerprint density at radius 2 is 1.92 bits per heavy atom. The van der Waals surface area contributed by atoms with Gasteiger partial charge in [-0.2, -0.15) is 0 Å². The number of rotatable bonds is 6. The third-order valence-corrected chi connectivity index (χ3v) is 3.71. The molecule has 24 heavy (non-hydrogen) atoms. The first kappa shape index (κ1) is 16.2. The van der Waals surface area contributed by atoms with Crippen LogP contribution in [0.4, 0.5) is 0 Å². The number of aryl methyl sites for hydroxylation is 1. The topological polar surface area (TPSA) is 56.8 Å². The van der Waals surface area contributed by atoms with Crippen molar-refractivity contribution in [3.8, 4) is 17.2 Å². The van der Waals surface area contributed by atoms with E-state index >= 15 is 0 Å². The zero-order chi connectivity index (χ0) is 16.8. The molecule has 0 saturated heterocycles. The van der Waals surface area contributed by atoms with E-state index in [1.54, 1.807) is 0 Å². The second-order valence-electron chi connectivity index (χ2n) is 5.71. The molecule has 1 N–H and O–H groups in total. The Morgan fingerprint density at radius 3 is 2.71 bits per heavy atom. The number of hydrogen-bond donors (Lipinski definition) is 1. The van der Waals surface area contributed by atoms with E-state index in [1.807, 2.05) is 55.5 Å². The van der Waals surface area contributed by atoms with Gasteiger partial charge in [0.1, 0.15) is 18.5 Å². The highest BCUT2D eigenvalue weighted by molar-refractivity contribution is 5.76. The van der Waals surface area contributed by atoms with Gasteiger partial charge in [0.2, 0.25) is 5.91 Å². The van der Waals surface area contributed by atoms with Crippen molar-refractivity contribution in [3.05, 3.63) is 54.1 Å². The molecule has 2 aromatic rings. The van der Waals surface area contributed by atoms with E-state index in [-0.39, 0.29) is 12.0 Å². The maximum Gasteiger partial charge on any atom is 0.223 e. The summed E-state index contributed by atoms with van der Waals surface area (Å²) in [7, 11) is 0. The molecule has 0 bridgehead atoms. The summed E-state index contributed by atoms with van der Waals surface area (Å²) in [6.07, 6.45) is 0.125. The van der Waals surface area contributed by atoms with Crippen LogP contribution in [0.1, 0.15) is 12.0 Å². The van der Waals surface area contributed by atoms with Crippen LogP contribution in [0.3, 0.4) is 0 Å². The van der Waals surface area contributed by atoms with Gasteiger partial charge in [-0.1, -0.05) is 29.8 Å². The molecular formula is C19H21NO4. The van der Waals surface area contributed by atoms with Crippen molar-refractivity contribution < 1.29 is 19.0 Å². The Hall–Kier alpha value is -2.69. The molecular weight excluding hydrogens is 306 g/mol. The molecule has 1 aliphatic rings. The van der Waals surface area contributed by atoms with Gasteiger partial charge < -0.3 is 19.5 Å². The Bertz CT molecular complexity index is 684. The number of carbonyl (C=O) groups is 1. The standard InChI is InChI=1S/C19H21NO4/c1-14-6-8-15(9-7-14)22-11-10-19(21)20-12-16-13-23-17-4-2-3-5-18(17)24-16/h2-9,16H,10-13H2,1H3,(H,20,21)/t16-/m1/s1. The van der Waals surface area contributed by atoms with E-state index in [2.05, 4.69) is 5.32 Å². The fraction of sp³-hybridized carbons (Fsp3) is 0.316. The second kappa shape index (κ2) is 7.73. The van der Waals surface area contributed by atoms with E-state index in [1.165, 1.54) is 5.56 Å². The Kier molecular flexibility index (Phi) is 5.21. The lowest BCUT2D eigenvalue weighted by Crippen LogP contribution is -2.41. The number of ether oxygens (including phenoxy) is 3. The molecule has 0 fully saturated rings. The summed E-state index contributed by atoms with van der Waals surface area (Å²) in [4.78, 5) is 11.9. The number of benzene rings is 2. The van der Waals surface area contributed by atoms with Crippen LogP contribution in [0.25, 0.3) is 0 Å². The molecule has 1 heterocycles. The number of hydrogen-bond acceptors (Lipinski definition) is 4. The Labute approximate surface area is 141 Å². The summed E-state index contributed by atoms with van der Waals surface area (Å²) in [5.74, 6) is 2.16. The van der Waals surface area contributed by atoms with Crippen molar-refractivity contribution in [1.82, 2.24) is 5.32 Å². The minimum Gasteiger partial charge on any atom is -0.493 e. The third kappa shape index (κ3) is 4.41. The van der Waals surface area contributed by atoms with Crippen LogP contribution < -0.4 is 19.5 Å². The van der Waals surface area contributed by atoms with Crippen LogP contribution in [0, 0.1) is 6.92 Å². The van der Waals surface area contributed by atoms with E-state index < -0.39 is 0 Å². The first-order chi connectivity index (χ1) is 11.7. The molecule has 0 aromatic heterocycles. The van der Waals surface area contributed by atoms with Crippen LogP contribution >= 0.6 is 0 Å². The molecule has 3 rings (SSSR count). The average Bonchev–Trinajstić information content (AvgIpc) is 2.61.